The van der Waals surface area contributed by atoms with Crippen molar-refractivity contribution in [2.45, 2.75) is 19.6 Å². The Morgan fingerprint density at radius 3 is 2.84 bits per heavy atom. The Kier molecular flexibility index (Phi) is 8.34. The molecule has 1 aromatic heterocycles. The quantitative estimate of drug-likeness (QED) is 0.467. The highest BCUT2D eigenvalue weighted by Gasteiger charge is 2.10. The molecule has 1 atom stereocenters. The van der Waals surface area contributed by atoms with Crippen molar-refractivity contribution in [1.82, 2.24) is 10.6 Å². The maximum Gasteiger partial charge on any atom is 0.191 e. The zero-order valence-electron chi connectivity index (χ0n) is 13.8. The van der Waals surface area contributed by atoms with Gasteiger partial charge in [-0.15, -0.1) is 11.3 Å². The summed E-state index contributed by atoms with van der Waals surface area (Å²) in [4.78, 5) is 5.66. The smallest absolute Gasteiger partial charge is 0.191 e. The summed E-state index contributed by atoms with van der Waals surface area (Å²) in [6, 6.07) is 9.17. The van der Waals surface area contributed by atoms with E-state index in [9.17, 15) is 5.11 Å². The third-order valence-electron chi connectivity index (χ3n) is 3.17. The Morgan fingerprint density at radius 1 is 1.28 bits per heavy atom. The Balaban J connectivity index is 1.80. The molecule has 0 aliphatic heterocycles. The van der Waals surface area contributed by atoms with Crippen molar-refractivity contribution < 1.29 is 9.84 Å². The standard InChI is InChI=1S/C17H21Cl2N3O2S/c1-2-20-17(22-10-13-5-4-8-25-13)21-9-12(23)11-24-15-7-3-6-14(18)16(15)19/h3-8,12,23H,2,9-11H2,1H3,(H2,20,21,22). The van der Waals surface area contributed by atoms with Crippen LogP contribution in [0.1, 0.15) is 11.8 Å². The van der Waals surface area contributed by atoms with Gasteiger partial charge in [-0.1, -0.05) is 35.3 Å². The van der Waals surface area contributed by atoms with E-state index in [0.29, 0.717) is 34.8 Å². The summed E-state index contributed by atoms with van der Waals surface area (Å²) in [6.07, 6.45) is -0.722. The fourth-order valence-corrected chi connectivity index (χ4v) is 2.93. The van der Waals surface area contributed by atoms with Crippen molar-refractivity contribution in [1.29, 1.82) is 0 Å². The zero-order chi connectivity index (χ0) is 18.1. The van der Waals surface area contributed by atoms with Gasteiger partial charge in [0.05, 0.1) is 11.6 Å². The number of rotatable bonds is 8. The molecular weight excluding hydrogens is 381 g/mol. The molecule has 1 unspecified atom stereocenters. The number of thiophene rings is 1. The van der Waals surface area contributed by atoms with Crippen LogP contribution in [0.15, 0.2) is 40.7 Å². The van der Waals surface area contributed by atoms with E-state index in [1.54, 1.807) is 29.5 Å². The SMILES string of the molecule is CCNC(=NCc1cccs1)NCC(O)COc1cccc(Cl)c1Cl. The van der Waals surface area contributed by atoms with Gasteiger partial charge in [0, 0.05) is 18.0 Å². The maximum absolute atomic E-state index is 10.1. The first-order valence-corrected chi connectivity index (χ1v) is 9.53. The molecule has 1 heterocycles. The summed E-state index contributed by atoms with van der Waals surface area (Å²) in [6.45, 7) is 3.72. The normalized spacial score (nSPS) is 12.7. The number of aliphatic imine (C=N–C) groups is 1. The Morgan fingerprint density at radius 2 is 2.12 bits per heavy atom. The Hall–Kier alpha value is -1.47. The van der Waals surface area contributed by atoms with Crippen LogP contribution in [0.5, 0.6) is 5.75 Å². The lowest BCUT2D eigenvalue weighted by Gasteiger charge is -2.16. The molecule has 0 saturated carbocycles. The van der Waals surface area contributed by atoms with Crippen LogP contribution >= 0.6 is 34.5 Å². The van der Waals surface area contributed by atoms with Crippen LogP contribution in [0.25, 0.3) is 0 Å². The number of benzene rings is 1. The minimum Gasteiger partial charge on any atom is -0.489 e. The highest BCUT2D eigenvalue weighted by Crippen LogP contribution is 2.31. The average Bonchev–Trinajstić information content (AvgIpc) is 3.12. The molecule has 1 aromatic carbocycles. The zero-order valence-corrected chi connectivity index (χ0v) is 16.2. The predicted octanol–water partition coefficient (Wildman–Crippen LogP) is 3.55. The lowest BCUT2D eigenvalue weighted by molar-refractivity contribution is 0.110. The second kappa shape index (κ2) is 10.5. The van der Waals surface area contributed by atoms with Crippen molar-refractivity contribution in [3.63, 3.8) is 0 Å². The molecule has 2 rings (SSSR count). The van der Waals surface area contributed by atoms with Gasteiger partial charge in [0.15, 0.2) is 5.96 Å². The van der Waals surface area contributed by atoms with Crippen molar-refractivity contribution >= 4 is 40.5 Å². The van der Waals surface area contributed by atoms with E-state index in [4.69, 9.17) is 27.9 Å². The van der Waals surface area contributed by atoms with Gasteiger partial charge in [0.1, 0.15) is 23.5 Å². The number of nitrogens with one attached hydrogen (secondary N) is 2. The van der Waals surface area contributed by atoms with Gasteiger partial charge in [0.2, 0.25) is 0 Å². The molecule has 25 heavy (non-hydrogen) atoms. The molecule has 0 radical (unpaired) electrons. The third-order valence-corrected chi connectivity index (χ3v) is 4.83. The van der Waals surface area contributed by atoms with E-state index in [0.717, 1.165) is 6.54 Å². The van der Waals surface area contributed by atoms with Gasteiger partial charge >= 0.3 is 0 Å². The largest absolute Gasteiger partial charge is 0.489 e. The van der Waals surface area contributed by atoms with Crippen LogP contribution in [-0.2, 0) is 6.54 Å². The highest BCUT2D eigenvalue weighted by molar-refractivity contribution is 7.09. The molecule has 136 valence electrons. The first kappa shape index (κ1) is 19.8. The minimum atomic E-state index is -0.722. The lowest BCUT2D eigenvalue weighted by Crippen LogP contribution is -2.42. The number of guanidine groups is 1. The molecule has 3 N–H and O–H groups in total. The summed E-state index contributed by atoms with van der Waals surface area (Å²) in [7, 11) is 0. The summed E-state index contributed by atoms with van der Waals surface area (Å²) in [5.74, 6) is 1.10. The van der Waals surface area contributed by atoms with Crippen molar-refractivity contribution in [3.8, 4) is 5.75 Å². The molecule has 0 aliphatic carbocycles. The molecule has 0 amide bonds. The van der Waals surface area contributed by atoms with Crippen molar-refractivity contribution in [2.24, 2.45) is 4.99 Å². The van der Waals surface area contributed by atoms with Gasteiger partial charge in [-0.3, -0.25) is 0 Å². The fraction of sp³-hybridized carbons (Fsp3) is 0.353. The van der Waals surface area contributed by atoms with Crippen LogP contribution in [-0.4, -0.2) is 36.9 Å². The summed E-state index contributed by atoms with van der Waals surface area (Å²) >= 11 is 13.6. The van der Waals surface area contributed by atoms with E-state index >= 15 is 0 Å². The fourth-order valence-electron chi connectivity index (χ4n) is 1.96. The monoisotopic (exact) mass is 401 g/mol. The minimum absolute atomic E-state index is 0.0946. The van der Waals surface area contributed by atoms with Crippen molar-refractivity contribution in [3.05, 3.63) is 50.6 Å². The summed E-state index contributed by atoms with van der Waals surface area (Å²) in [5.41, 5.74) is 0. The molecule has 0 aliphatic rings. The molecule has 0 spiro atoms. The molecule has 0 fully saturated rings. The second-order valence-corrected chi connectivity index (χ2v) is 6.99. The van der Waals surface area contributed by atoms with Crippen LogP contribution in [0.4, 0.5) is 0 Å². The average molecular weight is 402 g/mol. The topological polar surface area (TPSA) is 65.9 Å². The van der Waals surface area contributed by atoms with Gasteiger partial charge < -0.3 is 20.5 Å². The number of hydrogen-bond donors (Lipinski definition) is 3. The van der Waals surface area contributed by atoms with E-state index < -0.39 is 6.10 Å². The maximum atomic E-state index is 10.1. The highest BCUT2D eigenvalue weighted by atomic mass is 35.5. The Labute approximate surface area is 161 Å². The number of aliphatic hydroxyl groups excluding tert-OH is 1. The third kappa shape index (κ3) is 6.74. The van der Waals surface area contributed by atoms with Crippen LogP contribution < -0.4 is 15.4 Å². The first-order valence-electron chi connectivity index (χ1n) is 7.89. The number of halogens is 2. The van der Waals surface area contributed by atoms with Crippen molar-refractivity contribution in [2.75, 3.05) is 19.7 Å². The summed E-state index contributed by atoms with van der Waals surface area (Å²) in [5, 5.41) is 19.1. The van der Waals surface area contributed by atoms with E-state index in [1.165, 1.54) is 4.88 Å². The van der Waals surface area contributed by atoms with Gasteiger partial charge in [0.25, 0.3) is 0 Å². The molecule has 0 saturated heterocycles. The molecule has 2 aromatic rings. The van der Waals surface area contributed by atoms with E-state index in [1.807, 2.05) is 24.4 Å². The number of aliphatic hydroxyl groups is 1. The van der Waals surface area contributed by atoms with Gasteiger partial charge in [-0.25, -0.2) is 4.99 Å². The Bertz CT molecular complexity index is 681. The van der Waals surface area contributed by atoms with Crippen LogP contribution in [0, 0.1) is 0 Å². The van der Waals surface area contributed by atoms with Gasteiger partial charge in [-0.05, 0) is 30.5 Å². The molecular formula is C17H21Cl2N3O2S. The number of nitrogens with zero attached hydrogens (tertiary/aromatic N) is 1. The van der Waals surface area contributed by atoms with E-state index in [-0.39, 0.29) is 6.61 Å². The van der Waals surface area contributed by atoms with Crippen LogP contribution in [0.2, 0.25) is 10.0 Å². The second-order valence-electron chi connectivity index (χ2n) is 5.17. The predicted molar refractivity (Wildman–Crippen MR) is 105 cm³/mol. The lowest BCUT2D eigenvalue weighted by atomic mass is 10.3. The molecule has 0 bridgehead atoms. The van der Waals surface area contributed by atoms with Gasteiger partial charge in [-0.2, -0.15) is 0 Å². The molecule has 8 heteroatoms. The molecule has 5 nitrogen and oxygen atoms in total. The number of ether oxygens (including phenoxy) is 1. The van der Waals surface area contributed by atoms with E-state index in [2.05, 4.69) is 15.6 Å². The number of hydrogen-bond acceptors (Lipinski definition) is 4. The van der Waals surface area contributed by atoms with Crippen LogP contribution in [0.3, 0.4) is 0 Å². The summed E-state index contributed by atoms with van der Waals surface area (Å²) < 4.78 is 5.53. The first-order chi connectivity index (χ1) is 12.1.